The Hall–Kier alpha value is -1.89. The Labute approximate surface area is 114 Å². The molecule has 0 amide bonds. The highest BCUT2D eigenvalue weighted by Gasteiger charge is 2.26. The van der Waals surface area contributed by atoms with Gasteiger partial charge in [0, 0.05) is 17.9 Å². The molecule has 0 bridgehead atoms. The third-order valence-electron chi connectivity index (χ3n) is 2.56. The molecular formula is C12H15N3O3S. The normalized spacial score (nSPS) is 12.3. The molecule has 102 valence electrons. The SMILES string of the molecule is CCOC(=O)C(Cc1cc(C)on1)c1csc(N)n1. The van der Waals surface area contributed by atoms with Crippen molar-refractivity contribution in [3.8, 4) is 0 Å². The second-order valence-electron chi connectivity index (χ2n) is 4.05. The van der Waals surface area contributed by atoms with Crippen molar-refractivity contribution in [2.45, 2.75) is 26.2 Å². The van der Waals surface area contributed by atoms with Crippen molar-refractivity contribution in [2.24, 2.45) is 0 Å². The molecule has 0 fully saturated rings. The van der Waals surface area contributed by atoms with Gasteiger partial charge in [0.1, 0.15) is 11.7 Å². The summed E-state index contributed by atoms with van der Waals surface area (Å²) >= 11 is 1.30. The van der Waals surface area contributed by atoms with E-state index in [-0.39, 0.29) is 5.97 Å². The summed E-state index contributed by atoms with van der Waals surface area (Å²) in [4.78, 5) is 16.2. The summed E-state index contributed by atoms with van der Waals surface area (Å²) in [7, 11) is 0. The van der Waals surface area contributed by atoms with Gasteiger partial charge in [-0.05, 0) is 13.8 Å². The van der Waals surface area contributed by atoms with Crippen molar-refractivity contribution in [1.82, 2.24) is 10.1 Å². The van der Waals surface area contributed by atoms with E-state index in [0.29, 0.717) is 35.3 Å². The van der Waals surface area contributed by atoms with Crippen LogP contribution in [0, 0.1) is 6.92 Å². The largest absolute Gasteiger partial charge is 0.465 e. The molecule has 0 aliphatic carbocycles. The van der Waals surface area contributed by atoms with Gasteiger partial charge in [-0.2, -0.15) is 0 Å². The molecule has 0 aliphatic heterocycles. The third-order valence-corrected chi connectivity index (χ3v) is 3.25. The maximum absolute atomic E-state index is 12.0. The Morgan fingerprint density at radius 3 is 2.95 bits per heavy atom. The van der Waals surface area contributed by atoms with E-state index in [1.54, 1.807) is 25.3 Å². The highest BCUT2D eigenvalue weighted by atomic mass is 32.1. The minimum absolute atomic E-state index is 0.326. The molecule has 0 aromatic carbocycles. The molecule has 2 heterocycles. The van der Waals surface area contributed by atoms with Gasteiger partial charge < -0.3 is 15.0 Å². The van der Waals surface area contributed by atoms with E-state index in [1.807, 2.05) is 0 Å². The van der Waals surface area contributed by atoms with Crippen molar-refractivity contribution in [3.63, 3.8) is 0 Å². The van der Waals surface area contributed by atoms with Crippen molar-refractivity contribution in [2.75, 3.05) is 12.3 Å². The third kappa shape index (κ3) is 3.31. The summed E-state index contributed by atoms with van der Waals surface area (Å²) < 4.78 is 10.1. The maximum Gasteiger partial charge on any atom is 0.315 e. The van der Waals surface area contributed by atoms with Gasteiger partial charge in [0.2, 0.25) is 0 Å². The first-order valence-corrected chi connectivity index (χ1v) is 6.77. The molecule has 19 heavy (non-hydrogen) atoms. The summed E-state index contributed by atoms with van der Waals surface area (Å²) in [5, 5.41) is 6.09. The number of hydrogen-bond donors (Lipinski definition) is 1. The average molecular weight is 281 g/mol. The standard InChI is InChI=1S/C12H15N3O3S/c1-3-17-11(16)9(10-6-19-12(13)14-10)5-8-4-7(2)18-15-8/h4,6,9H,3,5H2,1-2H3,(H2,13,14). The van der Waals surface area contributed by atoms with Gasteiger partial charge in [-0.3, -0.25) is 4.79 Å². The highest BCUT2D eigenvalue weighted by molar-refractivity contribution is 7.13. The van der Waals surface area contributed by atoms with Crippen LogP contribution in [0.5, 0.6) is 0 Å². The molecule has 0 saturated heterocycles. The average Bonchev–Trinajstić information content (AvgIpc) is 2.95. The number of nitrogen functional groups attached to an aromatic ring is 1. The Morgan fingerprint density at radius 1 is 1.63 bits per heavy atom. The smallest absolute Gasteiger partial charge is 0.315 e. The molecule has 1 atom stereocenters. The van der Waals surface area contributed by atoms with Crippen LogP contribution in [-0.4, -0.2) is 22.7 Å². The van der Waals surface area contributed by atoms with Gasteiger partial charge >= 0.3 is 5.97 Å². The fraction of sp³-hybridized carbons (Fsp3) is 0.417. The summed E-state index contributed by atoms with van der Waals surface area (Å²) in [5.74, 6) is -0.123. The van der Waals surface area contributed by atoms with E-state index >= 15 is 0 Å². The zero-order valence-electron chi connectivity index (χ0n) is 10.8. The summed E-state index contributed by atoms with van der Waals surface area (Å²) in [5.41, 5.74) is 6.92. The van der Waals surface area contributed by atoms with Crippen LogP contribution in [0.2, 0.25) is 0 Å². The number of nitrogens with zero attached hydrogens (tertiary/aromatic N) is 2. The van der Waals surface area contributed by atoms with E-state index in [2.05, 4.69) is 10.1 Å². The lowest BCUT2D eigenvalue weighted by Gasteiger charge is -2.11. The van der Waals surface area contributed by atoms with Crippen molar-refractivity contribution >= 4 is 22.4 Å². The predicted molar refractivity (Wildman–Crippen MR) is 70.8 cm³/mol. The van der Waals surface area contributed by atoms with Crippen LogP contribution in [0.4, 0.5) is 5.13 Å². The number of anilines is 1. The Morgan fingerprint density at radius 2 is 2.42 bits per heavy atom. The molecule has 7 heteroatoms. The lowest BCUT2D eigenvalue weighted by Crippen LogP contribution is -2.19. The van der Waals surface area contributed by atoms with Gasteiger partial charge in [0.25, 0.3) is 0 Å². The zero-order valence-corrected chi connectivity index (χ0v) is 11.6. The van der Waals surface area contributed by atoms with Crippen LogP contribution in [-0.2, 0) is 16.0 Å². The van der Waals surface area contributed by atoms with E-state index in [9.17, 15) is 4.79 Å². The first kappa shape index (κ1) is 13.5. The predicted octanol–water partition coefficient (Wildman–Crippen LogP) is 1.91. The monoisotopic (exact) mass is 281 g/mol. The van der Waals surface area contributed by atoms with Crippen LogP contribution in [0.25, 0.3) is 0 Å². The first-order valence-electron chi connectivity index (χ1n) is 5.90. The van der Waals surface area contributed by atoms with Crippen LogP contribution in [0.1, 0.15) is 30.0 Å². The molecule has 0 radical (unpaired) electrons. The molecular weight excluding hydrogens is 266 g/mol. The first-order chi connectivity index (χ1) is 9.10. The number of ether oxygens (including phenoxy) is 1. The quantitative estimate of drug-likeness (QED) is 0.842. The summed E-state index contributed by atoms with van der Waals surface area (Å²) in [6.45, 7) is 3.90. The van der Waals surface area contributed by atoms with Gasteiger partial charge in [-0.15, -0.1) is 11.3 Å². The zero-order chi connectivity index (χ0) is 13.8. The molecule has 2 N–H and O–H groups in total. The number of carbonyl (C=O) groups is 1. The number of esters is 1. The van der Waals surface area contributed by atoms with Crippen LogP contribution in [0.3, 0.4) is 0 Å². The van der Waals surface area contributed by atoms with Gasteiger partial charge in [-0.25, -0.2) is 4.98 Å². The molecule has 0 spiro atoms. The van der Waals surface area contributed by atoms with E-state index in [0.717, 1.165) is 0 Å². The van der Waals surface area contributed by atoms with Crippen molar-refractivity contribution in [3.05, 3.63) is 28.6 Å². The fourth-order valence-corrected chi connectivity index (χ4v) is 2.35. The molecule has 6 nitrogen and oxygen atoms in total. The highest BCUT2D eigenvalue weighted by Crippen LogP contribution is 2.25. The number of aryl methyl sites for hydroxylation is 1. The fourth-order valence-electron chi connectivity index (χ4n) is 1.74. The molecule has 2 rings (SSSR count). The van der Waals surface area contributed by atoms with E-state index < -0.39 is 5.92 Å². The second-order valence-corrected chi connectivity index (χ2v) is 4.94. The van der Waals surface area contributed by atoms with Gasteiger partial charge in [0.15, 0.2) is 5.13 Å². The lowest BCUT2D eigenvalue weighted by molar-refractivity contribution is -0.145. The van der Waals surface area contributed by atoms with Gasteiger partial charge in [-0.1, -0.05) is 5.16 Å². The minimum Gasteiger partial charge on any atom is -0.465 e. The Kier molecular flexibility index (Phi) is 4.16. The van der Waals surface area contributed by atoms with Crippen LogP contribution >= 0.6 is 11.3 Å². The van der Waals surface area contributed by atoms with Crippen LogP contribution < -0.4 is 5.73 Å². The second kappa shape index (κ2) is 5.83. The van der Waals surface area contributed by atoms with Gasteiger partial charge in [0.05, 0.1) is 18.0 Å². The topological polar surface area (TPSA) is 91.2 Å². The molecule has 1 unspecified atom stereocenters. The number of aromatic nitrogens is 2. The van der Waals surface area contributed by atoms with Crippen LogP contribution in [0.15, 0.2) is 16.0 Å². The van der Waals surface area contributed by atoms with Crippen molar-refractivity contribution < 1.29 is 14.1 Å². The van der Waals surface area contributed by atoms with E-state index in [4.69, 9.17) is 15.0 Å². The number of hydrogen-bond acceptors (Lipinski definition) is 7. The maximum atomic E-state index is 12.0. The summed E-state index contributed by atoms with van der Waals surface area (Å²) in [6, 6.07) is 1.79. The van der Waals surface area contributed by atoms with Crippen molar-refractivity contribution in [1.29, 1.82) is 0 Å². The molecule has 0 aliphatic rings. The minimum atomic E-state index is -0.502. The number of rotatable bonds is 5. The summed E-state index contributed by atoms with van der Waals surface area (Å²) in [6.07, 6.45) is 0.388. The Balaban J connectivity index is 2.21. The van der Waals surface area contributed by atoms with E-state index in [1.165, 1.54) is 11.3 Å². The lowest BCUT2D eigenvalue weighted by atomic mass is 10.0. The molecule has 2 aromatic heterocycles. The molecule has 2 aromatic rings. The molecule has 0 saturated carbocycles. The number of carbonyl (C=O) groups excluding carboxylic acids is 1. The Bertz CT molecular complexity index is 564. The number of thiazole rings is 1. The number of nitrogens with two attached hydrogens (primary N) is 1.